The summed E-state index contributed by atoms with van der Waals surface area (Å²) < 4.78 is 0. The van der Waals surface area contributed by atoms with Gasteiger partial charge in [0.2, 0.25) is 0 Å². The minimum atomic E-state index is 0. The summed E-state index contributed by atoms with van der Waals surface area (Å²) in [5.74, 6) is 0. The van der Waals surface area contributed by atoms with Gasteiger partial charge in [-0.25, -0.2) is 0 Å². The fourth-order valence-corrected chi connectivity index (χ4v) is 3.32. The smallest absolute Gasteiger partial charge is 0.0602 e. The molecule has 2 aliphatic rings. The molecular weight excluding hydrogens is 274 g/mol. The number of nitrogens with zero attached hydrogens (tertiary/aromatic N) is 3. The number of likely N-dealkylation sites (N-methyl/N-ethyl adjacent to an activating group) is 1. The van der Waals surface area contributed by atoms with Gasteiger partial charge in [-0.3, -0.25) is 9.80 Å². The highest BCUT2D eigenvalue weighted by Crippen LogP contribution is 2.26. The number of halogens is 1. The van der Waals surface area contributed by atoms with Crippen molar-refractivity contribution in [3.05, 3.63) is 35.9 Å². The molecule has 2 aliphatic heterocycles. The molecule has 2 unspecified atom stereocenters. The molecule has 3 rings (SSSR count). The van der Waals surface area contributed by atoms with Crippen molar-refractivity contribution in [3.8, 4) is 0 Å². The highest BCUT2D eigenvalue weighted by molar-refractivity contribution is 5.86. The second-order valence-corrected chi connectivity index (χ2v) is 5.73. The van der Waals surface area contributed by atoms with Crippen LogP contribution in [-0.4, -0.2) is 52.9 Å². The zero-order chi connectivity index (χ0) is 13.2. The molecule has 0 amide bonds. The summed E-state index contributed by atoms with van der Waals surface area (Å²) in [7, 11) is 2.20. The predicted octanol–water partition coefficient (Wildman–Crippen LogP) is 2.22. The van der Waals surface area contributed by atoms with Gasteiger partial charge in [-0.2, -0.15) is 0 Å². The standard InChI is InChI=1S/C15H21N3O.ClH/c1-17-14-7-13(16-19)8-15(17)11-18(10-14)9-12-5-3-2-4-6-12;/h2-6,14-15,19H,7-11H2,1H3;1H. The topological polar surface area (TPSA) is 39.1 Å². The van der Waals surface area contributed by atoms with Crippen molar-refractivity contribution in [1.82, 2.24) is 9.80 Å². The lowest BCUT2D eigenvalue weighted by atomic mass is 9.90. The Morgan fingerprint density at radius 2 is 1.75 bits per heavy atom. The Kier molecular flexibility index (Phi) is 5.02. The summed E-state index contributed by atoms with van der Waals surface area (Å²) in [6.07, 6.45) is 1.80. The molecule has 20 heavy (non-hydrogen) atoms. The van der Waals surface area contributed by atoms with Crippen LogP contribution in [0.25, 0.3) is 0 Å². The van der Waals surface area contributed by atoms with Gasteiger partial charge in [0.05, 0.1) is 5.71 Å². The first kappa shape index (κ1) is 15.3. The molecule has 2 fully saturated rings. The van der Waals surface area contributed by atoms with Gasteiger partial charge in [0.15, 0.2) is 0 Å². The third-order valence-corrected chi connectivity index (χ3v) is 4.42. The van der Waals surface area contributed by atoms with Crippen LogP contribution in [0.5, 0.6) is 0 Å². The quantitative estimate of drug-likeness (QED) is 0.672. The van der Waals surface area contributed by atoms with Gasteiger partial charge in [-0.1, -0.05) is 35.5 Å². The Morgan fingerprint density at radius 1 is 1.15 bits per heavy atom. The largest absolute Gasteiger partial charge is 0.411 e. The van der Waals surface area contributed by atoms with Crippen molar-refractivity contribution >= 4 is 18.1 Å². The SMILES string of the molecule is CN1C2CC(=NO)CC1CN(Cc1ccccc1)C2.Cl. The molecule has 2 bridgehead atoms. The zero-order valence-corrected chi connectivity index (χ0v) is 12.6. The van der Waals surface area contributed by atoms with E-state index in [0.717, 1.165) is 38.2 Å². The van der Waals surface area contributed by atoms with Crippen LogP contribution in [0.4, 0.5) is 0 Å². The molecule has 2 heterocycles. The van der Waals surface area contributed by atoms with E-state index in [0.29, 0.717) is 12.1 Å². The second-order valence-electron chi connectivity index (χ2n) is 5.73. The van der Waals surface area contributed by atoms with E-state index in [1.807, 2.05) is 0 Å². The number of rotatable bonds is 2. The van der Waals surface area contributed by atoms with E-state index in [1.54, 1.807) is 0 Å². The number of likely N-dealkylation sites (tertiary alicyclic amines) is 1. The van der Waals surface area contributed by atoms with Crippen molar-refractivity contribution < 1.29 is 5.21 Å². The summed E-state index contributed by atoms with van der Waals surface area (Å²) >= 11 is 0. The zero-order valence-electron chi connectivity index (χ0n) is 11.8. The number of benzene rings is 1. The van der Waals surface area contributed by atoms with Crippen LogP contribution in [0.3, 0.4) is 0 Å². The molecule has 0 saturated carbocycles. The first-order chi connectivity index (χ1) is 9.26. The third kappa shape index (κ3) is 3.14. The molecule has 1 N–H and O–H groups in total. The molecule has 1 aromatic rings. The van der Waals surface area contributed by atoms with Crippen LogP contribution in [-0.2, 0) is 6.54 Å². The van der Waals surface area contributed by atoms with Gasteiger partial charge in [0, 0.05) is 44.6 Å². The number of oxime groups is 1. The Hall–Kier alpha value is -1.10. The number of hydrogen-bond acceptors (Lipinski definition) is 4. The maximum Gasteiger partial charge on any atom is 0.0602 e. The number of piperidine rings is 1. The van der Waals surface area contributed by atoms with E-state index in [-0.39, 0.29) is 12.4 Å². The first-order valence-corrected chi connectivity index (χ1v) is 6.94. The van der Waals surface area contributed by atoms with E-state index in [9.17, 15) is 0 Å². The summed E-state index contributed by atoms with van der Waals surface area (Å²) in [5.41, 5.74) is 2.34. The molecule has 0 radical (unpaired) electrons. The molecule has 0 aromatic heterocycles. The molecule has 0 spiro atoms. The highest BCUT2D eigenvalue weighted by atomic mass is 35.5. The average Bonchev–Trinajstić information content (AvgIpc) is 2.41. The van der Waals surface area contributed by atoms with Crippen LogP contribution in [0.15, 0.2) is 35.5 Å². The highest BCUT2D eigenvalue weighted by Gasteiger charge is 2.37. The van der Waals surface area contributed by atoms with Gasteiger partial charge in [-0.15, -0.1) is 12.4 Å². The molecule has 1 aromatic carbocycles. The summed E-state index contributed by atoms with van der Waals surface area (Å²) in [6.45, 7) is 3.13. The normalized spacial score (nSPS) is 26.9. The monoisotopic (exact) mass is 295 g/mol. The third-order valence-electron chi connectivity index (χ3n) is 4.42. The van der Waals surface area contributed by atoms with Crippen LogP contribution in [0.2, 0.25) is 0 Å². The van der Waals surface area contributed by atoms with Crippen LogP contribution >= 0.6 is 12.4 Å². The second kappa shape index (κ2) is 6.57. The van der Waals surface area contributed by atoms with E-state index < -0.39 is 0 Å². The molecule has 0 aliphatic carbocycles. The van der Waals surface area contributed by atoms with Gasteiger partial charge < -0.3 is 5.21 Å². The summed E-state index contributed by atoms with van der Waals surface area (Å²) in [4.78, 5) is 4.98. The van der Waals surface area contributed by atoms with Crippen molar-refractivity contribution in [3.63, 3.8) is 0 Å². The molecular formula is C15H22ClN3O. The molecule has 5 heteroatoms. The van der Waals surface area contributed by atoms with Crippen LogP contribution in [0, 0.1) is 0 Å². The molecule has 4 nitrogen and oxygen atoms in total. The lowest BCUT2D eigenvalue weighted by Gasteiger charge is -2.48. The van der Waals surface area contributed by atoms with Crippen molar-refractivity contribution in [2.75, 3.05) is 20.1 Å². The van der Waals surface area contributed by atoms with Crippen LogP contribution in [0.1, 0.15) is 18.4 Å². The first-order valence-electron chi connectivity index (χ1n) is 6.94. The Labute approximate surface area is 126 Å². The van der Waals surface area contributed by atoms with E-state index >= 15 is 0 Å². The van der Waals surface area contributed by atoms with Crippen molar-refractivity contribution in [1.29, 1.82) is 0 Å². The molecule has 2 saturated heterocycles. The number of fused-ring (bicyclic) bond motifs is 2. The lowest BCUT2D eigenvalue weighted by molar-refractivity contribution is 0.0335. The Balaban J connectivity index is 0.00000147. The maximum atomic E-state index is 8.99. The van der Waals surface area contributed by atoms with Gasteiger partial charge in [0.1, 0.15) is 0 Å². The van der Waals surface area contributed by atoms with Crippen molar-refractivity contribution in [2.24, 2.45) is 5.16 Å². The molecule has 2 atom stereocenters. The van der Waals surface area contributed by atoms with Gasteiger partial charge in [-0.05, 0) is 12.6 Å². The number of piperazine rings is 1. The molecule has 110 valence electrons. The maximum absolute atomic E-state index is 8.99. The Bertz CT molecular complexity index is 447. The van der Waals surface area contributed by atoms with E-state index in [4.69, 9.17) is 5.21 Å². The predicted molar refractivity (Wildman–Crippen MR) is 82.8 cm³/mol. The lowest BCUT2D eigenvalue weighted by Crippen LogP contribution is -2.60. The van der Waals surface area contributed by atoms with Crippen LogP contribution < -0.4 is 0 Å². The minimum Gasteiger partial charge on any atom is -0.411 e. The van der Waals surface area contributed by atoms with Crippen molar-refractivity contribution in [2.45, 2.75) is 31.5 Å². The summed E-state index contributed by atoms with van der Waals surface area (Å²) in [5, 5.41) is 12.4. The number of hydrogen-bond donors (Lipinski definition) is 1. The minimum absolute atomic E-state index is 0. The summed E-state index contributed by atoms with van der Waals surface area (Å²) in [6, 6.07) is 11.6. The van der Waals surface area contributed by atoms with Gasteiger partial charge >= 0.3 is 0 Å². The van der Waals surface area contributed by atoms with Gasteiger partial charge in [0.25, 0.3) is 0 Å². The van der Waals surface area contributed by atoms with E-state index in [1.165, 1.54) is 5.56 Å². The fraction of sp³-hybridized carbons (Fsp3) is 0.533. The Morgan fingerprint density at radius 3 is 2.30 bits per heavy atom. The fourth-order valence-electron chi connectivity index (χ4n) is 3.32. The average molecular weight is 296 g/mol. The van der Waals surface area contributed by atoms with E-state index in [2.05, 4.69) is 52.3 Å².